The summed E-state index contributed by atoms with van der Waals surface area (Å²) in [6, 6.07) is 3.80. The van der Waals surface area contributed by atoms with Crippen molar-refractivity contribution in [1.82, 2.24) is 9.97 Å². The maximum Gasteiger partial charge on any atom is 0.292 e. The van der Waals surface area contributed by atoms with Gasteiger partial charge in [-0.1, -0.05) is 6.07 Å². The van der Waals surface area contributed by atoms with Crippen LogP contribution < -0.4 is 5.56 Å². The van der Waals surface area contributed by atoms with Crippen molar-refractivity contribution in [1.29, 1.82) is 0 Å². The molecule has 1 heterocycles. The number of halogens is 3. The van der Waals surface area contributed by atoms with Gasteiger partial charge >= 0.3 is 0 Å². The van der Waals surface area contributed by atoms with Crippen LogP contribution in [0.4, 0.5) is 13.2 Å². The van der Waals surface area contributed by atoms with Crippen molar-refractivity contribution in [3.05, 3.63) is 40.1 Å². The van der Waals surface area contributed by atoms with Crippen molar-refractivity contribution >= 4 is 11.0 Å². The first-order chi connectivity index (χ1) is 7.39. The van der Waals surface area contributed by atoms with E-state index >= 15 is 0 Å². The lowest BCUT2D eigenvalue weighted by Crippen LogP contribution is -2.24. The highest BCUT2D eigenvalue weighted by Crippen LogP contribution is 2.23. The second-order valence-electron chi connectivity index (χ2n) is 3.44. The van der Waals surface area contributed by atoms with E-state index in [2.05, 4.69) is 9.97 Å². The molecule has 0 saturated carbocycles. The summed E-state index contributed by atoms with van der Waals surface area (Å²) >= 11 is 0. The van der Waals surface area contributed by atoms with Gasteiger partial charge in [-0.2, -0.15) is 8.78 Å². The Labute approximate surface area is 87.9 Å². The predicted octanol–water partition coefficient (Wildman–Crippen LogP) is 2.17. The molecule has 16 heavy (non-hydrogen) atoms. The van der Waals surface area contributed by atoms with E-state index in [-0.39, 0.29) is 11.0 Å². The largest absolute Gasteiger partial charge is 0.316 e. The minimum Gasteiger partial charge on any atom is -0.316 e. The zero-order chi connectivity index (χ0) is 11.9. The zero-order valence-corrected chi connectivity index (χ0v) is 8.22. The van der Waals surface area contributed by atoms with E-state index in [9.17, 15) is 18.0 Å². The molecule has 0 bridgehead atoms. The number of alkyl halides is 2. The first-order valence-corrected chi connectivity index (χ1v) is 4.46. The lowest BCUT2D eigenvalue weighted by molar-refractivity contribution is 0.0115. The summed E-state index contributed by atoms with van der Waals surface area (Å²) in [6.07, 6.45) is 0. The lowest BCUT2D eigenvalue weighted by atomic mass is 10.2. The van der Waals surface area contributed by atoms with Gasteiger partial charge in [-0.05, 0) is 12.1 Å². The molecule has 0 spiro atoms. The third-order valence-corrected chi connectivity index (χ3v) is 2.09. The second kappa shape index (κ2) is 3.33. The molecule has 1 aromatic carbocycles. The van der Waals surface area contributed by atoms with E-state index in [0.717, 1.165) is 6.07 Å². The van der Waals surface area contributed by atoms with Gasteiger partial charge in [-0.3, -0.25) is 4.79 Å². The highest BCUT2D eigenvalue weighted by atomic mass is 19.3. The van der Waals surface area contributed by atoms with Gasteiger partial charge in [-0.25, -0.2) is 9.37 Å². The Kier molecular flexibility index (Phi) is 2.22. The smallest absolute Gasteiger partial charge is 0.292 e. The molecule has 1 aromatic heterocycles. The van der Waals surface area contributed by atoms with Crippen LogP contribution in [0.15, 0.2) is 23.0 Å². The van der Waals surface area contributed by atoms with Crippen molar-refractivity contribution in [2.45, 2.75) is 12.8 Å². The zero-order valence-electron chi connectivity index (χ0n) is 8.22. The lowest BCUT2D eigenvalue weighted by Gasteiger charge is -2.09. The molecule has 84 valence electrons. The van der Waals surface area contributed by atoms with Crippen LogP contribution in [0.1, 0.15) is 12.6 Å². The van der Waals surface area contributed by atoms with E-state index in [1.807, 2.05) is 0 Å². The fourth-order valence-corrected chi connectivity index (χ4v) is 1.37. The number of rotatable bonds is 1. The molecule has 0 aliphatic heterocycles. The van der Waals surface area contributed by atoms with Crippen LogP contribution in [0.2, 0.25) is 0 Å². The average Bonchev–Trinajstić information content (AvgIpc) is 2.17. The fourth-order valence-electron chi connectivity index (χ4n) is 1.37. The number of hydrogen-bond acceptors (Lipinski definition) is 2. The molecule has 0 saturated heterocycles. The van der Waals surface area contributed by atoms with Crippen LogP contribution in [-0.4, -0.2) is 9.97 Å². The number of nitrogens with one attached hydrogen (secondary N) is 1. The molecular weight excluding hydrogens is 221 g/mol. The fraction of sp³-hybridized carbons (Fsp3) is 0.200. The minimum atomic E-state index is -3.35. The van der Waals surface area contributed by atoms with E-state index in [0.29, 0.717) is 6.92 Å². The van der Waals surface area contributed by atoms with Crippen molar-refractivity contribution in [2.24, 2.45) is 0 Å². The summed E-state index contributed by atoms with van der Waals surface area (Å²) in [7, 11) is 0. The Bertz CT molecular complexity index is 601. The Hall–Kier alpha value is -1.85. The van der Waals surface area contributed by atoms with Gasteiger partial charge in [0.15, 0.2) is 5.69 Å². The maximum atomic E-state index is 13.2. The van der Waals surface area contributed by atoms with Crippen molar-refractivity contribution < 1.29 is 13.2 Å². The number of aromatic nitrogens is 2. The maximum absolute atomic E-state index is 13.2. The Balaban J connectivity index is 2.83. The number of benzene rings is 1. The Morgan fingerprint density at radius 1 is 1.38 bits per heavy atom. The standard InChI is InChI=1S/C10H7F3N2O/c1-10(12,13)8-9(16)15-7-5(11)3-2-4-6(7)14-8/h2-4H,1H3,(H,15,16). The van der Waals surface area contributed by atoms with Crippen LogP contribution in [0.3, 0.4) is 0 Å². The molecule has 0 radical (unpaired) electrons. The molecule has 2 aromatic rings. The minimum absolute atomic E-state index is 0.00359. The van der Waals surface area contributed by atoms with Gasteiger partial charge in [0.1, 0.15) is 11.3 Å². The van der Waals surface area contributed by atoms with Crippen molar-refractivity contribution in [3.63, 3.8) is 0 Å². The second-order valence-corrected chi connectivity index (χ2v) is 3.44. The Morgan fingerprint density at radius 3 is 2.69 bits per heavy atom. The normalized spacial score (nSPS) is 12.0. The molecule has 0 unspecified atom stereocenters. The van der Waals surface area contributed by atoms with Gasteiger partial charge in [-0.15, -0.1) is 0 Å². The molecular formula is C10H7F3N2O. The van der Waals surface area contributed by atoms with E-state index in [4.69, 9.17) is 0 Å². The van der Waals surface area contributed by atoms with Crippen LogP contribution in [0.25, 0.3) is 11.0 Å². The van der Waals surface area contributed by atoms with Gasteiger partial charge in [0.2, 0.25) is 0 Å². The first kappa shape index (κ1) is 10.7. The molecule has 0 atom stereocenters. The van der Waals surface area contributed by atoms with E-state index in [1.165, 1.54) is 12.1 Å². The molecule has 2 rings (SSSR count). The number of nitrogens with zero attached hydrogens (tertiary/aromatic N) is 1. The summed E-state index contributed by atoms with van der Waals surface area (Å²) in [4.78, 5) is 16.8. The summed E-state index contributed by atoms with van der Waals surface area (Å²) in [6.45, 7) is 0.565. The third kappa shape index (κ3) is 1.66. The quantitative estimate of drug-likeness (QED) is 0.813. The Morgan fingerprint density at radius 2 is 2.06 bits per heavy atom. The number of para-hydroxylation sites is 1. The van der Waals surface area contributed by atoms with Crippen LogP contribution in [0.5, 0.6) is 0 Å². The number of H-pyrrole nitrogens is 1. The van der Waals surface area contributed by atoms with Gasteiger partial charge in [0.05, 0.1) is 5.52 Å². The molecule has 0 amide bonds. The van der Waals surface area contributed by atoms with Gasteiger partial charge < -0.3 is 4.98 Å². The molecule has 1 N–H and O–H groups in total. The van der Waals surface area contributed by atoms with Crippen LogP contribution in [0, 0.1) is 5.82 Å². The summed E-state index contributed by atoms with van der Waals surface area (Å²) in [5, 5.41) is 0. The topological polar surface area (TPSA) is 45.8 Å². The predicted molar refractivity (Wildman–Crippen MR) is 51.9 cm³/mol. The van der Waals surface area contributed by atoms with Gasteiger partial charge in [0.25, 0.3) is 11.5 Å². The highest BCUT2D eigenvalue weighted by Gasteiger charge is 2.30. The number of hydrogen-bond donors (Lipinski definition) is 1. The van der Waals surface area contributed by atoms with Crippen LogP contribution in [-0.2, 0) is 5.92 Å². The highest BCUT2D eigenvalue weighted by molar-refractivity contribution is 5.74. The molecule has 0 fully saturated rings. The third-order valence-electron chi connectivity index (χ3n) is 2.09. The SMILES string of the molecule is CC(F)(F)c1nc2cccc(F)c2[nH]c1=O. The summed E-state index contributed by atoms with van der Waals surface area (Å²) in [5.74, 6) is -4.05. The average molecular weight is 228 g/mol. The molecule has 0 aliphatic carbocycles. The molecule has 6 heteroatoms. The monoisotopic (exact) mass is 228 g/mol. The van der Waals surface area contributed by atoms with E-state index < -0.39 is 23.0 Å². The molecule has 0 aliphatic rings. The number of fused-ring (bicyclic) bond motifs is 1. The van der Waals surface area contributed by atoms with Crippen LogP contribution >= 0.6 is 0 Å². The first-order valence-electron chi connectivity index (χ1n) is 4.46. The molecule has 3 nitrogen and oxygen atoms in total. The van der Waals surface area contributed by atoms with E-state index in [1.54, 1.807) is 0 Å². The summed E-state index contributed by atoms with van der Waals surface area (Å²) < 4.78 is 39.1. The van der Waals surface area contributed by atoms with Crippen molar-refractivity contribution in [2.75, 3.05) is 0 Å². The van der Waals surface area contributed by atoms with Gasteiger partial charge in [0, 0.05) is 6.92 Å². The van der Waals surface area contributed by atoms with Crippen molar-refractivity contribution in [3.8, 4) is 0 Å². The summed E-state index contributed by atoms with van der Waals surface area (Å²) in [5.41, 5.74) is -2.16. The number of aromatic amines is 1.